The molecule has 0 amide bonds. The van der Waals surface area contributed by atoms with E-state index in [1.54, 1.807) is 0 Å². The van der Waals surface area contributed by atoms with E-state index in [0.717, 1.165) is 0 Å². The predicted octanol–water partition coefficient (Wildman–Crippen LogP) is 1.36. The van der Waals surface area contributed by atoms with Gasteiger partial charge in [-0.05, 0) is 16.4 Å². The van der Waals surface area contributed by atoms with Gasteiger partial charge in [-0.15, -0.1) is 11.6 Å². The number of nitro benzene ring substituents is 1. The highest BCUT2D eigenvalue weighted by molar-refractivity contribution is 6.28. The molecule has 2 rings (SSSR count). The van der Waals surface area contributed by atoms with E-state index in [2.05, 4.69) is 19.9 Å². The fourth-order valence-corrected chi connectivity index (χ4v) is 1.32. The van der Waals surface area contributed by atoms with Crippen LogP contribution < -0.4 is 5.73 Å². The Balaban J connectivity index is 2.65. The van der Waals surface area contributed by atoms with E-state index in [1.807, 2.05) is 0 Å². The Bertz CT molecular complexity index is 608. The summed E-state index contributed by atoms with van der Waals surface area (Å²) in [6.45, 7) is 0. The number of nitrogens with zero attached hydrogens (tertiary/aromatic N) is 4. The molecule has 0 aliphatic heterocycles. The zero-order valence-corrected chi connectivity index (χ0v) is 9.09. The van der Waals surface area contributed by atoms with Gasteiger partial charge < -0.3 is 5.73 Å². The lowest BCUT2D eigenvalue weighted by Gasteiger charge is -1.97. The van der Waals surface area contributed by atoms with Gasteiger partial charge in [-0.1, -0.05) is 0 Å². The molecule has 2 aromatic rings. The fraction of sp³-hybridized carbons (Fsp3) is 0.125. The third kappa shape index (κ3) is 2.02. The SMILES string of the molecule is NC(CCl)=Nc1ccc([N+](=O)[O-])c2nonc12. The summed E-state index contributed by atoms with van der Waals surface area (Å²) >= 11 is 5.49. The molecule has 0 aliphatic carbocycles. The number of alkyl halides is 1. The van der Waals surface area contributed by atoms with Crippen LogP contribution in [0.4, 0.5) is 11.4 Å². The van der Waals surface area contributed by atoms with Gasteiger partial charge in [0.25, 0.3) is 0 Å². The van der Waals surface area contributed by atoms with E-state index in [4.69, 9.17) is 17.3 Å². The summed E-state index contributed by atoms with van der Waals surface area (Å²) < 4.78 is 4.46. The van der Waals surface area contributed by atoms with Crippen molar-refractivity contribution >= 4 is 39.8 Å². The van der Waals surface area contributed by atoms with Crippen molar-refractivity contribution in [1.29, 1.82) is 0 Å². The van der Waals surface area contributed by atoms with Crippen LogP contribution in [0.5, 0.6) is 0 Å². The van der Waals surface area contributed by atoms with Crippen LogP contribution in [-0.4, -0.2) is 27.0 Å². The van der Waals surface area contributed by atoms with E-state index in [1.165, 1.54) is 12.1 Å². The van der Waals surface area contributed by atoms with Crippen LogP contribution in [0.3, 0.4) is 0 Å². The molecule has 1 heterocycles. The largest absolute Gasteiger partial charge is 0.386 e. The van der Waals surface area contributed by atoms with Crippen molar-refractivity contribution < 1.29 is 9.55 Å². The van der Waals surface area contributed by atoms with Gasteiger partial charge >= 0.3 is 5.69 Å². The molecule has 0 spiro atoms. The highest BCUT2D eigenvalue weighted by atomic mass is 35.5. The average molecular weight is 256 g/mol. The number of benzene rings is 1. The van der Waals surface area contributed by atoms with Crippen molar-refractivity contribution in [2.75, 3.05) is 5.88 Å². The van der Waals surface area contributed by atoms with E-state index < -0.39 is 4.92 Å². The fourth-order valence-electron chi connectivity index (χ4n) is 1.26. The molecule has 2 N–H and O–H groups in total. The number of hydrogen-bond acceptors (Lipinski definition) is 6. The van der Waals surface area contributed by atoms with Crippen molar-refractivity contribution in [1.82, 2.24) is 10.3 Å². The minimum absolute atomic E-state index is 0.0265. The minimum atomic E-state index is -0.578. The summed E-state index contributed by atoms with van der Waals surface area (Å²) in [7, 11) is 0. The summed E-state index contributed by atoms with van der Waals surface area (Å²) in [6, 6.07) is 2.66. The Kier molecular flexibility index (Phi) is 2.88. The molecule has 9 heteroatoms. The lowest BCUT2D eigenvalue weighted by atomic mass is 10.2. The van der Waals surface area contributed by atoms with Crippen molar-refractivity contribution in [2.45, 2.75) is 0 Å². The molecule has 17 heavy (non-hydrogen) atoms. The number of nitrogens with two attached hydrogens (primary N) is 1. The first-order chi connectivity index (χ1) is 8.13. The number of hydrogen-bond donors (Lipinski definition) is 1. The van der Waals surface area contributed by atoms with Gasteiger partial charge in [0.2, 0.25) is 5.52 Å². The Morgan fingerprint density at radius 3 is 2.88 bits per heavy atom. The predicted molar refractivity (Wildman–Crippen MR) is 60.5 cm³/mol. The third-order valence-electron chi connectivity index (χ3n) is 1.97. The van der Waals surface area contributed by atoms with Crippen LogP contribution in [0.1, 0.15) is 0 Å². The van der Waals surface area contributed by atoms with Gasteiger partial charge in [0, 0.05) is 6.07 Å². The Morgan fingerprint density at radius 2 is 2.24 bits per heavy atom. The van der Waals surface area contributed by atoms with E-state index in [9.17, 15) is 10.1 Å². The number of halogens is 1. The molecule has 0 aliphatic rings. The highest BCUT2D eigenvalue weighted by Gasteiger charge is 2.19. The van der Waals surface area contributed by atoms with Crippen molar-refractivity contribution in [3.63, 3.8) is 0 Å². The second kappa shape index (κ2) is 4.34. The van der Waals surface area contributed by atoms with Gasteiger partial charge in [-0.2, -0.15) is 0 Å². The minimum Gasteiger partial charge on any atom is -0.386 e. The first-order valence-electron chi connectivity index (χ1n) is 4.42. The monoisotopic (exact) mass is 255 g/mol. The number of amidine groups is 1. The Morgan fingerprint density at radius 1 is 1.53 bits per heavy atom. The maximum Gasteiger partial charge on any atom is 0.300 e. The number of fused-ring (bicyclic) bond motifs is 1. The zero-order valence-electron chi connectivity index (χ0n) is 8.33. The van der Waals surface area contributed by atoms with Gasteiger partial charge in [0.1, 0.15) is 5.84 Å². The molecular formula is C8H6ClN5O3. The quantitative estimate of drug-likeness (QED) is 0.291. The molecule has 0 fully saturated rings. The summed E-state index contributed by atoms with van der Waals surface area (Å²) in [5.41, 5.74) is 5.79. The molecule has 0 saturated carbocycles. The lowest BCUT2D eigenvalue weighted by molar-refractivity contribution is -0.383. The zero-order chi connectivity index (χ0) is 12.4. The Hall–Kier alpha value is -2.22. The third-order valence-corrected chi connectivity index (χ3v) is 2.24. The van der Waals surface area contributed by atoms with Gasteiger partial charge in [0.15, 0.2) is 5.52 Å². The van der Waals surface area contributed by atoms with Crippen molar-refractivity contribution in [2.24, 2.45) is 10.7 Å². The van der Waals surface area contributed by atoms with Crippen LogP contribution in [0.15, 0.2) is 21.8 Å². The molecule has 8 nitrogen and oxygen atoms in total. The molecule has 0 atom stereocenters. The number of rotatable bonds is 3. The lowest BCUT2D eigenvalue weighted by Crippen LogP contribution is -2.12. The molecule has 1 aromatic carbocycles. The molecule has 1 aromatic heterocycles. The van der Waals surface area contributed by atoms with Crippen molar-refractivity contribution in [3.05, 3.63) is 22.2 Å². The standard InChI is InChI=1S/C8H6ClN5O3/c9-3-6(10)11-4-1-2-5(14(15)16)8-7(4)12-17-13-8/h1-2H,3H2,(H2,10,11). The van der Waals surface area contributed by atoms with Gasteiger partial charge in [0.05, 0.1) is 16.5 Å². The summed E-state index contributed by atoms with van der Waals surface area (Å²) in [6.07, 6.45) is 0. The number of aromatic nitrogens is 2. The summed E-state index contributed by atoms with van der Waals surface area (Å²) in [5, 5.41) is 17.7. The summed E-state index contributed by atoms with van der Waals surface area (Å²) in [4.78, 5) is 14.1. The van der Waals surface area contributed by atoms with Crippen LogP contribution in [0, 0.1) is 10.1 Å². The highest BCUT2D eigenvalue weighted by Crippen LogP contribution is 2.30. The van der Waals surface area contributed by atoms with E-state index in [0.29, 0.717) is 5.69 Å². The number of aliphatic imine (C=N–C) groups is 1. The molecule has 0 saturated heterocycles. The van der Waals surface area contributed by atoms with Crippen LogP contribution >= 0.6 is 11.6 Å². The first kappa shape index (κ1) is 11.3. The normalized spacial score (nSPS) is 11.9. The van der Waals surface area contributed by atoms with Gasteiger partial charge in [-0.3, -0.25) is 10.1 Å². The summed E-state index contributed by atoms with van der Waals surface area (Å²) in [5.74, 6) is 0.217. The molecule has 88 valence electrons. The molecule has 0 unspecified atom stereocenters. The second-order valence-electron chi connectivity index (χ2n) is 3.06. The van der Waals surface area contributed by atoms with Gasteiger partial charge in [-0.25, -0.2) is 9.62 Å². The Labute approximate surface area is 99.2 Å². The van der Waals surface area contributed by atoms with Crippen LogP contribution in [0.25, 0.3) is 11.0 Å². The average Bonchev–Trinajstić information content (AvgIpc) is 2.77. The maximum absolute atomic E-state index is 10.7. The van der Waals surface area contributed by atoms with Crippen LogP contribution in [0.2, 0.25) is 0 Å². The molecule has 0 bridgehead atoms. The van der Waals surface area contributed by atoms with Crippen molar-refractivity contribution in [3.8, 4) is 0 Å². The smallest absolute Gasteiger partial charge is 0.300 e. The molecule has 0 radical (unpaired) electrons. The second-order valence-corrected chi connectivity index (χ2v) is 3.33. The van der Waals surface area contributed by atoms with Crippen LogP contribution in [-0.2, 0) is 0 Å². The maximum atomic E-state index is 10.7. The number of nitro groups is 1. The molecular weight excluding hydrogens is 250 g/mol. The van der Waals surface area contributed by atoms with E-state index in [-0.39, 0.29) is 28.4 Å². The first-order valence-corrected chi connectivity index (χ1v) is 4.95. The van der Waals surface area contributed by atoms with E-state index >= 15 is 0 Å². The number of non-ortho nitro benzene ring substituents is 1. The topological polar surface area (TPSA) is 120 Å².